The van der Waals surface area contributed by atoms with Crippen LogP contribution >= 0.6 is 0 Å². The molecule has 1 aromatic heterocycles. The Morgan fingerprint density at radius 3 is 2.50 bits per heavy atom. The maximum absolute atomic E-state index is 5.95. The average molecular weight is 245 g/mol. The van der Waals surface area contributed by atoms with Gasteiger partial charge in [0, 0.05) is 36.2 Å². The fourth-order valence-corrected chi connectivity index (χ4v) is 2.71. The number of hydrogen-bond donors (Lipinski definition) is 1. The maximum Gasteiger partial charge on any atom is 0.0488 e. The standard InChI is InChI=1S/C15H23N3/c1-10-6-7-12-13(8-10)18(5)11(2)15(12)14(9-16)17(3)4/h6-8,14H,9,16H2,1-5H3. The van der Waals surface area contributed by atoms with Crippen LogP contribution in [-0.2, 0) is 7.05 Å². The highest BCUT2D eigenvalue weighted by atomic mass is 15.1. The summed E-state index contributed by atoms with van der Waals surface area (Å²) in [5.41, 5.74) is 11.2. The lowest BCUT2D eigenvalue weighted by Gasteiger charge is -2.23. The summed E-state index contributed by atoms with van der Waals surface area (Å²) in [6, 6.07) is 6.92. The van der Waals surface area contributed by atoms with Gasteiger partial charge >= 0.3 is 0 Å². The first-order valence-electron chi connectivity index (χ1n) is 6.39. The second kappa shape index (κ2) is 4.75. The lowest BCUT2D eigenvalue weighted by Crippen LogP contribution is -2.27. The molecule has 18 heavy (non-hydrogen) atoms. The van der Waals surface area contributed by atoms with Crippen molar-refractivity contribution in [2.75, 3.05) is 20.6 Å². The molecule has 1 unspecified atom stereocenters. The molecule has 0 saturated carbocycles. The zero-order valence-electron chi connectivity index (χ0n) is 12.0. The Morgan fingerprint density at radius 1 is 1.28 bits per heavy atom. The molecule has 2 rings (SSSR count). The fourth-order valence-electron chi connectivity index (χ4n) is 2.71. The number of fused-ring (bicyclic) bond motifs is 1. The lowest BCUT2D eigenvalue weighted by atomic mass is 10.0. The number of rotatable bonds is 3. The first-order valence-corrected chi connectivity index (χ1v) is 6.39. The van der Waals surface area contributed by atoms with Crippen molar-refractivity contribution in [1.29, 1.82) is 0 Å². The molecule has 0 radical (unpaired) electrons. The van der Waals surface area contributed by atoms with Crippen LogP contribution in [0, 0.1) is 13.8 Å². The molecular weight excluding hydrogens is 222 g/mol. The minimum Gasteiger partial charge on any atom is -0.348 e. The Bertz CT molecular complexity index is 567. The van der Waals surface area contributed by atoms with Gasteiger partial charge in [0.25, 0.3) is 0 Å². The predicted octanol–water partition coefficient (Wildman–Crippen LogP) is 2.36. The highest BCUT2D eigenvalue weighted by molar-refractivity contribution is 5.86. The quantitative estimate of drug-likeness (QED) is 0.900. The molecule has 2 N–H and O–H groups in total. The van der Waals surface area contributed by atoms with Gasteiger partial charge in [-0.2, -0.15) is 0 Å². The van der Waals surface area contributed by atoms with Crippen LogP contribution in [0.1, 0.15) is 22.9 Å². The van der Waals surface area contributed by atoms with E-state index in [4.69, 9.17) is 5.73 Å². The minimum atomic E-state index is 0.274. The highest BCUT2D eigenvalue weighted by Gasteiger charge is 2.21. The first kappa shape index (κ1) is 13.1. The van der Waals surface area contributed by atoms with Gasteiger partial charge in [-0.1, -0.05) is 12.1 Å². The molecule has 0 aliphatic carbocycles. The van der Waals surface area contributed by atoms with Gasteiger partial charge in [-0.15, -0.1) is 0 Å². The smallest absolute Gasteiger partial charge is 0.0488 e. The van der Waals surface area contributed by atoms with Gasteiger partial charge < -0.3 is 15.2 Å². The SMILES string of the molecule is Cc1ccc2c(C(CN)N(C)C)c(C)n(C)c2c1. The zero-order valence-corrected chi connectivity index (χ0v) is 12.0. The Labute approximate surface area is 109 Å². The molecule has 3 heteroatoms. The van der Waals surface area contributed by atoms with Crippen molar-refractivity contribution in [2.24, 2.45) is 12.8 Å². The number of aryl methyl sites for hydroxylation is 2. The van der Waals surface area contributed by atoms with Crippen LogP contribution in [0.25, 0.3) is 10.9 Å². The van der Waals surface area contributed by atoms with Gasteiger partial charge in [-0.3, -0.25) is 0 Å². The molecule has 1 heterocycles. The summed E-state index contributed by atoms with van der Waals surface area (Å²) in [4.78, 5) is 2.20. The van der Waals surface area contributed by atoms with Crippen molar-refractivity contribution in [2.45, 2.75) is 19.9 Å². The van der Waals surface area contributed by atoms with E-state index in [0.29, 0.717) is 6.54 Å². The van der Waals surface area contributed by atoms with Gasteiger partial charge in [0.1, 0.15) is 0 Å². The Kier molecular flexibility index (Phi) is 3.46. The Hall–Kier alpha value is -1.32. The molecule has 98 valence electrons. The molecule has 3 nitrogen and oxygen atoms in total. The monoisotopic (exact) mass is 245 g/mol. The summed E-state index contributed by atoms with van der Waals surface area (Å²) in [5.74, 6) is 0. The highest BCUT2D eigenvalue weighted by Crippen LogP contribution is 2.32. The number of nitrogens with two attached hydrogens (primary N) is 1. The summed E-state index contributed by atoms with van der Waals surface area (Å²) < 4.78 is 2.27. The second-order valence-corrected chi connectivity index (χ2v) is 5.29. The third-order valence-corrected chi connectivity index (χ3v) is 3.88. The largest absolute Gasteiger partial charge is 0.348 e. The normalized spacial score (nSPS) is 13.5. The van der Waals surface area contributed by atoms with E-state index >= 15 is 0 Å². The van der Waals surface area contributed by atoms with E-state index in [-0.39, 0.29) is 6.04 Å². The summed E-state index contributed by atoms with van der Waals surface area (Å²) in [5, 5.41) is 1.32. The average Bonchev–Trinajstić information content (AvgIpc) is 2.55. The molecule has 0 aliphatic rings. The van der Waals surface area contributed by atoms with Gasteiger partial charge in [0.05, 0.1) is 0 Å². The fraction of sp³-hybridized carbons (Fsp3) is 0.467. The Morgan fingerprint density at radius 2 is 1.94 bits per heavy atom. The summed E-state index contributed by atoms with van der Waals surface area (Å²) in [6.45, 7) is 4.95. The van der Waals surface area contributed by atoms with E-state index in [1.54, 1.807) is 0 Å². The predicted molar refractivity (Wildman–Crippen MR) is 77.9 cm³/mol. The number of likely N-dealkylation sites (N-methyl/N-ethyl adjacent to an activating group) is 1. The van der Waals surface area contributed by atoms with Crippen LogP contribution in [0.5, 0.6) is 0 Å². The number of benzene rings is 1. The van der Waals surface area contributed by atoms with Crippen molar-refractivity contribution >= 4 is 10.9 Å². The number of hydrogen-bond acceptors (Lipinski definition) is 2. The van der Waals surface area contributed by atoms with E-state index in [2.05, 4.69) is 62.7 Å². The third-order valence-electron chi connectivity index (χ3n) is 3.88. The molecule has 1 aromatic carbocycles. The second-order valence-electron chi connectivity index (χ2n) is 5.29. The van der Waals surface area contributed by atoms with Crippen molar-refractivity contribution in [1.82, 2.24) is 9.47 Å². The van der Waals surface area contributed by atoms with Gasteiger partial charge in [-0.25, -0.2) is 0 Å². The van der Waals surface area contributed by atoms with Crippen LogP contribution in [0.2, 0.25) is 0 Å². The number of nitrogens with zero attached hydrogens (tertiary/aromatic N) is 2. The van der Waals surface area contributed by atoms with Crippen molar-refractivity contribution in [3.63, 3.8) is 0 Å². The zero-order chi connectivity index (χ0) is 13.4. The van der Waals surface area contributed by atoms with Crippen molar-refractivity contribution < 1.29 is 0 Å². The van der Waals surface area contributed by atoms with Crippen molar-refractivity contribution in [3.8, 4) is 0 Å². The molecule has 0 fully saturated rings. The van der Waals surface area contributed by atoms with E-state index in [1.165, 1.54) is 27.7 Å². The van der Waals surface area contributed by atoms with Crippen molar-refractivity contribution in [3.05, 3.63) is 35.0 Å². The summed E-state index contributed by atoms with van der Waals surface area (Å²) in [7, 11) is 6.30. The van der Waals surface area contributed by atoms with Crippen LogP contribution in [0.3, 0.4) is 0 Å². The van der Waals surface area contributed by atoms with Crippen LogP contribution in [0.4, 0.5) is 0 Å². The van der Waals surface area contributed by atoms with E-state index < -0.39 is 0 Å². The van der Waals surface area contributed by atoms with Gasteiger partial charge in [0.2, 0.25) is 0 Å². The maximum atomic E-state index is 5.95. The molecule has 2 aromatic rings. The van der Waals surface area contributed by atoms with E-state index in [1.807, 2.05) is 0 Å². The molecule has 1 atom stereocenters. The number of aromatic nitrogens is 1. The summed E-state index contributed by atoms with van der Waals surface area (Å²) >= 11 is 0. The lowest BCUT2D eigenvalue weighted by molar-refractivity contribution is 0.306. The molecular formula is C15H23N3. The van der Waals surface area contributed by atoms with Crippen LogP contribution in [0.15, 0.2) is 18.2 Å². The summed E-state index contributed by atoms with van der Waals surface area (Å²) in [6.07, 6.45) is 0. The minimum absolute atomic E-state index is 0.274. The van der Waals surface area contributed by atoms with Crippen LogP contribution in [-0.4, -0.2) is 30.1 Å². The molecule has 0 saturated heterocycles. The molecule has 0 bridgehead atoms. The van der Waals surface area contributed by atoms with E-state index in [0.717, 1.165) is 0 Å². The Balaban J connectivity index is 2.74. The van der Waals surface area contributed by atoms with Crippen LogP contribution < -0.4 is 5.73 Å². The van der Waals surface area contributed by atoms with Gasteiger partial charge in [-0.05, 0) is 45.1 Å². The van der Waals surface area contributed by atoms with E-state index in [9.17, 15) is 0 Å². The molecule has 0 amide bonds. The van der Waals surface area contributed by atoms with Gasteiger partial charge in [0.15, 0.2) is 0 Å². The third kappa shape index (κ3) is 1.93. The molecule has 0 aliphatic heterocycles. The topological polar surface area (TPSA) is 34.2 Å². The molecule has 0 spiro atoms. The first-order chi connectivity index (χ1) is 8.47.